The summed E-state index contributed by atoms with van der Waals surface area (Å²) in [5.74, 6) is -0.989. The first-order valence-corrected chi connectivity index (χ1v) is 10.7. The number of carbonyl (C=O) groups is 3. The van der Waals surface area contributed by atoms with Gasteiger partial charge in [-0.1, -0.05) is 32.0 Å². The number of hydrogen-bond acceptors (Lipinski definition) is 6. The number of aromatic nitrogens is 1. The van der Waals surface area contributed by atoms with Crippen LogP contribution in [0, 0.1) is 5.92 Å². The monoisotopic (exact) mass is 431 g/mol. The molecule has 2 aromatic rings. The maximum Gasteiger partial charge on any atom is 0.328 e. The largest absolute Gasteiger partial charge is 0.465 e. The number of amides is 1. The second kappa shape index (κ2) is 12.1. The van der Waals surface area contributed by atoms with Gasteiger partial charge in [0.1, 0.15) is 12.1 Å². The molecule has 2 atom stereocenters. The van der Waals surface area contributed by atoms with Gasteiger partial charge in [0.15, 0.2) is 0 Å². The van der Waals surface area contributed by atoms with E-state index in [9.17, 15) is 14.4 Å². The number of carbonyl (C=O) groups excluding carboxylic acids is 3. The fourth-order valence-electron chi connectivity index (χ4n) is 3.13. The van der Waals surface area contributed by atoms with E-state index in [4.69, 9.17) is 15.2 Å². The molecule has 0 unspecified atom stereocenters. The van der Waals surface area contributed by atoms with Crippen LogP contribution in [0.4, 0.5) is 0 Å². The summed E-state index contributed by atoms with van der Waals surface area (Å²) in [6, 6.07) is 6.04. The van der Waals surface area contributed by atoms with Gasteiger partial charge in [-0.15, -0.1) is 0 Å². The van der Waals surface area contributed by atoms with E-state index in [2.05, 4.69) is 10.3 Å². The van der Waals surface area contributed by atoms with Gasteiger partial charge in [0, 0.05) is 29.9 Å². The van der Waals surface area contributed by atoms with Crippen LogP contribution < -0.4 is 11.1 Å². The third-order valence-electron chi connectivity index (χ3n) is 4.93. The van der Waals surface area contributed by atoms with Crippen LogP contribution in [0.5, 0.6) is 0 Å². The number of para-hydroxylation sites is 1. The lowest BCUT2D eigenvalue weighted by Crippen LogP contribution is -2.44. The second-order valence-corrected chi connectivity index (χ2v) is 7.93. The molecule has 8 nitrogen and oxygen atoms in total. The number of ether oxygens (including phenoxy) is 2. The second-order valence-electron chi connectivity index (χ2n) is 7.93. The Morgan fingerprint density at radius 2 is 1.84 bits per heavy atom. The van der Waals surface area contributed by atoms with Crippen LogP contribution in [-0.2, 0) is 30.3 Å². The molecule has 1 aromatic carbocycles. The summed E-state index contributed by atoms with van der Waals surface area (Å²) in [4.78, 5) is 40.0. The smallest absolute Gasteiger partial charge is 0.328 e. The van der Waals surface area contributed by atoms with Gasteiger partial charge >= 0.3 is 11.9 Å². The van der Waals surface area contributed by atoms with E-state index < -0.39 is 24.0 Å². The van der Waals surface area contributed by atoms with Crippen molar-refractivity contribution in [2.45, 2.75) is 58.5 Å². The van der Waals surface area contributed by atoms with E-state index in [1.54, 1.807) is 6.92 Å². The number of hydrogen-bond donors (Lipinski definition) is 3. The molecule has 0 aliphatic carbocycles. The number of aromatic amines is 1. The molecule has 8 heteroatoms. The van der Waals surface area contributed by atoms with E-state index in [0.717, 1.165) is 22.9 Å². The Morgan fingerprint density at radius 1 is 1.10 bits per heavy atom. The Hall–Kier alpha value is -2.87. The Bertz CT molecular complexity index is 877. The molecule has 4 N–H and O–H groups in total. The van der Waals surface area contributed by atoms with Gasteiger partial charge in [-0.3, -0.25) is 9.59 Å². The molecule has 2 rings (SSSR count). The van der Waals surface area contributed by atoms with Crippen molar-refractivity contribution in [3.8, 4) is 0 Å². The molecule has 0 bridgehead atoms. The van der Waals surface area contributed by atoms with E-state index in [1.165, 1.54) is 0 Å². The van der Waals surface area contributed by atoms with Crippen molar-refractivity contribution in [3.05, 3.63) is 36.0 Å². The number of fused-ring (bicyclic) bond motifs is 1. The van der Waals surface area contributed by atoms with E-state index in [0.29, 0.717) is 18.9 Å². The summed E-state index contributed by atoms with van der Waals surface area (Å²) in [7, 11) is 0. The molecule has 31 heavy (non-hydrogen) atoms. The van der Waals surface area contributed by atoms with Crippen LogP contribution in [-0.4, -0.2) is 48.1 Å². The van der Waals surface area contributed by atoms with Gasteiger partial charge in [0.25, 0.3) is 0 Å². The van der Waals surface area contributed by atoms with Crippen LogP contribution in [0.3, 0.4) is 0 Å². The maximum absolute atomic E-state index is 12.7. The van der Waals surface area contributed by atoms with E-state index in [-0.39, 0.29) is 25.4 Å². The molecule has 0 fully saturated rings. The lowest BCUT2D eigenvalue weighted by molar-refractivity contribution is -0.148. The van der Waals surface area contributed by atoms with Crippen LogP contribution in [0.25, 0.3) is 10.9 Å². The molecule has 0 saturated heterocycles. The molecule has 0 aliphatic heterocycles. The third-order valence-corrected chi connectivity index (χ3v) is 4.93. The molecule has 1 amide bonds. The minimum absolute atomic E-state index is 0.00361. The fraction of sp³-hybridized carbons (Fsp3) is 0.522. The zero-order valence-corrected chi connectivity index (χ0v) is 18.5. The zero-order chi connectivity index (χ0) is 22.8. The maximum atomic E-state index is 12.7. The molecule has 0 radical (unpaired) electrons. The fourth-order valence-corrected chi connectivity index (χ4v) is 3.13. The van der Waals surface area contributed by atoms with Gasteiger partial charge < -0.3 is 25.5 Å². The highest BCUT2D eigenvalue weighted by Gasteiger charge is 2.25. The summed E-state index contributed by atoms with van der Waals surface area (Å²) in [6.45, 7) is 6.31. The highest BCUT2D eigenvalue weighted by Crippen LogP contribution is 2.19. The predicted octanol–water partition coefficient (Wildman–Crippen LogP) is 2.46. The Kier molecular flexibility index (Phi) is 9.52. The van der Waals surface area contributed by atoms with Crippen molar-refractivity contribution < 1.29 is 23.9 Å². The Morgan fingerprint density at radius 3 is 2.55 bits per heavy atom. The first-order valence-electron chi connectivity index (χ1n) is 10.7. The van der Waals surface area contributed by atoms with Gasteiger partial charge in [0.2, 0.25) is 5.91 Å². The number of nitrogens with one attached hydrogen (secondary N) is 2. The van der Waals surface area contributed by atoms with E-state index in [1.807, 2.05) is 44.3 Å². The van der Waals surface area contributed by atoms with Crippen LogP contribution in [0.1, 0.15) is 45.6 Å². The number of H-pyrrole nitrogens is 1. The number of esters is 2. The molecule has 1 aromatic heterocycles. The number of benzene rings is 1. The standard InChI is InChI=1S/C23H33N3O5/c1-4-30-22(28)18(24)9-10-21(27)26-20(23(29)31-12-11-15(2)3)13-16-14-25-19-8-6-5-7-17(16)19/h5-8,14-15,18,20,25H,4,9-13,24H2,1-3H3,(H,26,27)/t18-,20+/m1/s1. The first-order chi connectivity index (χ1) is 14.8. The van der Waals surface area contributed by atoms with Crippen molar-refractivity contribution in [3.63, 3.8) is 0 Å². The van der Waals surface area contributed by atoms with Crippen molar-refractivity contribution in [2.75, 3.05) is 13.2 Å². The normalized spacial score (nSPS) is 13.1. The quantitative estimate of drug-likeness (QED) is 0.444. The van der Waals surface area contributed by atoms with Crippen molar-refractivity contribution in [2.24, 2.45) is 11.7 Å². The SMILES string of the molecule is CCOC(=O)[C@H](N)CCC(=O)N[C@@H](Cc1c[nH]c2ccccc12)C(=O)OCCC(C)C. The van der Waals surface area contributed by atoms with Crippen molar-refractivity contribution >= 4 is 28.7 Å². The van der Waals surface area contributed by atoms with Gasteiger partial charge in [-0.05, 0) is 37.3 Å². The summed E-state index contributed by atoms with van der Waals surface area (Å²) in [6.07, 6.45) is 3.01. The third kappa shape index (κ3) is 7.71. The van der Waals surface area contributed by atoms with Crippen LogP contribution in [0.2, 0.25) is 0 Å². The van der Waals surface area contributed by atoms with Crippen molar-refractivity contribution in [1.29, 1.82) is 0 Å². The number of nitrogens with two attached hydrogens (primary N) is 1. The summed E-state index contributed by atoms with van der Waals surface area (Å²) in [5.41, 5.74) is 7.62. The van der Waals surface area contributed by atoms with Gasteiger partial charge in [-0.25, -0.2) is 4.79 Å². The topological polar surface area (TPSA) is 124 Å². The zero-order valence-electron chi connectivity index (χ0n) is 18.5. The van der Waals surface area contributed by atoms with Crippen LogP contribution >= 0.6 is 0 Å². The lowest BCUT2D eigenvalue weighted by atomic mass is 10.0. The number of rotatable bonds is 12. The minimum Gasteiger partial charge on any atom is -0.465 e. The highest BCUT2D eigenvalue weighted by molar-refractivity contribution is 5.87. The highest BCUT2D eigenvalue weighted by atomic mass is 16.5. The first kappa shape index (κ1) is 24.4. The summed E-state index contributed by atoms with van der Waals surface area (Å²) < 4.78 is 10.3. The Labute approximate surface area is 182 Å². The molecule has 1 heterocycles. The van der Waals surface area contributed by atoms with E-state index >= 15 is 0 Å². The van der Waals surface area contributed by atoms with Gasteiger partial charge in [-0.2, -0.15) is 0 Å². The Balaban J connectivity index is 2.03. The summed E-state index contributed by atoms with van der Waals surface area (Å²) in [5, 5.41) is 3.74. The minimum atomic E-state index is -0.879. The average Bonchev–Trinajstić information content (AvgIpc) is 3.14. The average molecular weight is 432 g/mol. The molecule has 170 valence electrons. The molecular weight excluding hydrogens is 398 g/mol. The molecule has 0 aliphatic rings. The molecular formula is C23H33N3O5. The molecule has 0 saturated carbocycles. The molecule has 0 spiro atoms. The van der Waals surface area contributed by atoms with Crippen molar-refractivity contribution in [1.82, 2.24) is 10.3 Å². The van der Waals surface area contributed by atoms with Gasteiger partial charge in [0.05, 0.1) is 13.2 Å². The summed E-state index contributed by atoms with van der Waals surface area (Å²) >= 11 is 0. The predicted molar refractivity (Wildman–Crippen MR) is 118 cm³/mol. The lowest BCUT2D eigenvalue weighted by Gasteiger charge is -2.18. The van der Waals surface area contributed by atoms with Crippen LogP contribution in [0.15, 0.2) is 30.5 Å².